The summed E-state index contributed by atoms with van der Waals surface area (Å²) in [4.78, 5) is 3.39. The maximum atomic E-state index is 12.4. The van der Waals surface area contributed by atoms with E-state index in [2.05, 4.69) is 4.98 Å². The van der Waals surface area contributed by atoms with E-state index in [1.54, 1.807) is 0 Å². The summed E-state index contributed by atoms with van der Waals surface area (Å²) in [6.07, 6.45) is -1.78. The van der Waals surface area contributed by atoms with Crippen molar-refractivity contribution in [1.29, 1.82) is 0 Å². The van der Waals surface area contributed by atoms with Crippen LogP contribution in [-0.4, -0.2) is 31.1 Å². The van der Waals surface area contributed by atoms with E-state index in [1.807, 2.05) is 0 Å². The molecule has 2 heterocycles. The minimum Gasteiger partial charge on any atom is -0.475 e. The fourth-order valence-corrected chi connectivity index (χ4v) is 1.82. The average molecular weight is 291 g/mol. The van der Waals surface area contributed by atoms with Crippen molar-refractivity contribution in [3.05, 3.63) is 23.9 Å². The molecule has 0 spiro atoms. The van der Waals surface area contributed by atoms with Gasteiger partial charge >= 0.3 is 6.18 Å². The molecule has 0 amide bonds. The quantitative estimate of drug-likeness (QED) is 0.782. The highest BCUT2D eigenvalue weighted by molar-refractivity contribution is 5.17. The van der Waals surface area contributed by atoms with E-state index in [0.717, 1.165) is 25.3 Å². The zero-order valence-corrected chi connectivity index (χ0v) is 10.9. The monoisotopic (exact) mass is 291 g/mol. The number of rotatable bonds is 5. The average Bonchev–Trinajstić information content (AvgIpc) is 2.44. The van der Waals surface area contributed by atoms with Gasteiger partial charge in [-0.25, -0.2) is 4.98 Å². The van der Waals surface area contributed by atoms with Crippen molar-refractivity contribution >= 4 is 0 Å². The molecule has 1 aliphatic heterocycles. The number of aromatic nitrogens is 1. The Labute approximate surface area is 114 Å². The SMILES string of the molecule is FC(F)(F)c1cccc(OCCOC2CCCCO2)n1. The second kappa shape index (κ2) is 6.90. The van der Waals surface area contributed by atoms with Gasteiger partial charge in [0.25, 0.3) is 0 Å². The van der Waals surface area contributed by atoms with Crippen LogP contribution in [0, 0.1) is 0 Å². The topological polar surface area (TPSA) is 40.6 Å². The van der Waals surface area contributed by atoms with E-state index < -0.39 is 11.9 Å². The lowest BCUT2D eigenvalue weighted by Gasteiger charge is -2.22. The summed E-state index contributed by atoms with van der Waals surface area (Å²) >= 11 is 0. The molecule has 112 valence electrons. The number of halogens is 3. The fraction of sp³-hybridized carbons (Fsp3) is 0.615. The van der Waals surface area contributed by atoms with Crippen LogP contribution in [-0.2, 0) is 15.7 Å². The Morgan fingerprint density at radius 1 is 1.25 bits per heavy atom. The van der Waals surface area contributed by atoms with Crippen molar-refractivity contribution in [2.24, 2.45) is 0 Å². The van der Waals surface area contributed by atoms with Gasteiger partial charge in [0.2, 0.25) is 5.88 Å². The molecular formula is C13H16F3NO3. The van der Waals surface area contributed by atoms with Crippen LogP contribution in [0.5, 0.6) is 5.88 Å². The number of nitrogens with zero attached hydrogens (tertiary/aromatic N) is 1. The van der Waals surface area contributed by atoms with Crippen LogP contribution < -0.4 is 4.74 Å². The maximum Gasteiger partial charge on any atom is 0.433 e. The molecule has 1 aromatic heterocycles. The van der Waals surface area contributed by atoms with Crippen LogP contribution >= 0.6 is 0 Å². The maximum absolute atomic E-state index is 12.4. The predicted molar refractivity (Wildman–Crippen MR) is 64.3 cm³/mol. The first-order chi connectivity index (χ1) is 9.55. The molecule has 7 heteroatoms. The minimum atomic E-state index is -4.47. The number of alkyl halides is 3. The molecular weight excluding hydrogens is 275 g/mol. The molecule has 1 aromatic rings. The Balaban J connectivity index is 1.73. The van der Waals surface area contributed by atoms with Crippen molar-refractivity contribution in [3.63, 3.8) is 0 Å². The zero-order chi connectivity index (χ0) is 14.4. The Morgan fingerprint density at radius 2 is 2.10 bits per heavy atom. The third kappa shape index (κ3) is 4.64. The van der Waals surface area contributed by atoms with Crippen LogP contribution in [0.25, 0.3) is 0 Å². The number of pyridine rings is 1. The molecule has 1 saturated heterocycles. The van der Waals surface area contributed by atoms with E-state index in [-0.39, 0.29) is 25.4 Å². The molecule has 1 fully saturated rings. The first-order valence-electron chi connectivity index (χ1n) is 6.46. The Morgan fingerprint density at radius 3 is 2.80 bits per heavy atom. The number of ether oxygens (including phenoxy) is 3. The summed E-state index contributed by atoms with van der Waals surface area (Å²) in [5.74, 6) is -0.0620. The Bertz CT molecular complexity index is 420. The van der Waals surface area contributed by atoms with E-state index in [4.69, 9.17) is 14.2 Å². The summed E-state index contributed by atoms with van der Waals surface area (Å²) in [7, 11) is 0. The van der Waals surface area contributed by atoms with Crippen LogP contribution in [0.1, 0.15) is 25.0 Å². The highest BCUT2D eigenvalue weighted by Crippen LogP contribution is 2.28. The van der Waals surface area contributed by atoms with Gasteiger partial charge in [-0.1, -0.05) is 6.07 Å². The van der Waals surface area contributed by atoms with E-state index in [0.29, 0.717) is 6.61 Å². The van der Waals surface area contributed by atoms with Gasteiger partial charge < -0.3 is 14.2 Å². The molecule has 1 atom stereocenters. The highest BCUT2D eigenvalue weighted by atomic mass is 19.4. The second-order valence-corrected chi connectivity index (χ2v) is 4.37. The van der Waals surface area contributed by atoms with Crippen LogP contribution in [0.3, 0.4) is 0 Å². The van der Waals surface area contributed by atoms with Crippen LogP contribution in [0.15, 0.2) is 18.2 Å². The summed E-state index contributed by atoms with van der Waals surface area (Å²) in [6, 6.07) is 3.54. The molecule has 0 aromatic carbocycles. The van der Waals surface area contributed by atoms with Gasteiger partial charge in [0.15, 0.2) is 6.29 Å². The first kappa shape index (κ1) is 15.1. The molecule has 20 heavy (non-hydrogen) atoms. The van der Waals surface area contributed by atoms with Gasteiger partial charge in [-0.2, -0.15) is 13.2 Å². The molecule has 1 unspecified atom stereocenters. The Kier molecular flexibility index (Phi) is 5.19. The summed E-state index contributed by atoms with van der Waals surface area (Å²) in [5.41, 5.74) is -0.966. The molecule has 2 rings (SSSR count). The molecule has 0 bridgehead atoms. The van der Waals surface area contributed by atoms with Gasteiger partial charge in [0, 0.05) is 12.7 Å². The van der Waals surface area contributed by atoms with Crippen molar-refractivity contribution in [2.75, 3.05) is 19.8 Å². The lowest BCUT2D eigenvalue weighted by Crippen LogP contribution is -2.24. The first-order valence-corrected chi connectivity index (χ1v) is 6.46. The van der Waals surface area contributed by atoms with E-state index >= 15 is 0 Å². The summed E-state index contributed by atoms with van der Waals surface area (Å²) in [5, 5.41) is 0. The van der Waals surface area contributed by atoms with Gasteiger partial charge in [-0.05, 0) is 25.3 Å². The van der Waals surface area contributed by atoms with Crippen molar-refractivity contribution in [2.45, 2.75) is 31.7 Å². The normalized spacial score (nSPS) is 19.9. The van der Waals surface area contributed by atoms with Gasteiger partial charge in [0.05, 0.1) is 6.61 Å². The van der Waals surface area contributed by atoms with E-state index in [1.165, 1.54) is 12.1 Å². The fourth-order valence-electron chi connectivity index (χ4n) is 1.82. The standard InChI is InChI=1S/C13H16F3NO3/c14-13(15,16)10-4-3-5-11(17-10)18-8-9-20-12-6-1-2-7-19-12/h3-5,12H,1-2,6-9H2. The molecule has 0 N–H and O–H groups in total. The Hall–Kier alpha value is -1.34. The number of hydrogen-bond acceptors (Lipinski definition) is 4. The van der Waals surface area contributed by atoms with Crippen molar-refractivity contribution in [3.8, 4) is 5.88 Å². The second-order valence-electron chi connectivity index (χ2n) is 4.37. The molecule has 0 saturated carbocycles. The third-order valence-electron chi connectivity index (χ3n) is 2.79. The minimum absolute atomic E-state index is 0.0620. The smallest absolute Gasteiger partial charge is 0.433 e. The number of hydrogen-bond donors (Lipinski definition) is 0. The molecule has 0 radical (unpaired) electrons. The van der Waals surface area contributed by atoms with Crippen molar-refractivity contribution in [1.82, 2.24) is 4.98 Å². The molecule has 4 nitrogen and oxygen atoms in total. The summed E-state index contributed by atoms with van der Waals surface area (Å²) < 4.78 is 53.2. The van der Waals surface area contributed by atoms with Crippen LogP contribution in [0.4, 0.5) is 13.2 Å². The van der Waals surface area contributed by atoms with Crippen LogP contribution in [0.2, 0.25) is 0 Å². The van der Waals surface area contributed by atoms with Crippen molar-refractivity contribution < 1.29 is 27.4 Å². The molecule has 0 aliphatic carbocycles. The van der Waals surface area contributed by atoms with Gasteiger partial charge in [-0.15, -0.1) is 0 Å². The predicted octanol–water partition coefficient (Wildman–Crippen LogP) is 3.02. The third-order valence-corrected chi connectivity index (χ3v) is 2.79. The lowest BCUT2D eigenvalue weighted by atomic mass is 10.2. The largest absolute Gasteiger partial charge is 0.475 e. The van der Waals surface area contributed by atoms with Gasteiger partial charge in [-0.3, -0.25) is 0 Å². The van der Waals surface area contributed by atoms with E-state index in [9.17, 15) is 13.2 Å². The summed E-state index contributed by atoms with van der Waals surface area (Å²) in [6.45, 7) is 1.07. The lowest BCUT2D eigenvalue weighted by molar-refractivity contribution is -0.165. The van der Waals surface area contributed by atoms with Gasteiger partial charge in [0.1, 0.15) is 12.3 Å². The highest BCUT2D eigenvalue weighted by Gasteiger charge is 2.32. The molecule has 1 aliphatic rings. The zero-order valence-electron chi connectivity index (χ0n) is 10.9.